The number of nitrogens with one attached hydrogen (secondary N) is 2. The molecule has 0 bridgehead atoms. The average Bonchev–Trinajstić information content (AvgIpc) is 3.05. The Balaban J connectivity index is 1.45. The number of aliphatic hydroxyl groups is 1. The largest absolute Gasteiger partial charge is 0.497 e. The predicted octanol–water partition coefficient (Wildman–Crippen LogP) is 0.738. The van der Waals surface area contributed by atoms with Crippen molar-refractivity contribution in [1.82, 2.24) is 15.6 Å². The van der Waals surface area contributed by atoms with E-state index < -0.39 is 12.2 Å². The Morgan fingerprint density at radius 1 is 1.27 bits per heavy atom. The van der Waals surface area contributed by atoms with Crippen LogP contribution >= 0.6 is 0 Å². The molecule has 7 heteroatoms. The van der Waals surface area contributed by atoms with Crippen LogP contribution in [0.1, 0.15) is 15.9 Å². The summed E-state index contributed by atoms with van der Waals surface area (Å²) in [5.74, 6) is 0.598. The second kappa shape index (κ2) is 8.75. The number of aliphatic hydroxyl groups excluding tert-OH is 1. The normalized spacial score (nSPS) is 22.2. The molecule has 7 nitrogen and oxygen atoms in total. The Kier molecular flexibility index (Phi) is 6.17. The molecule has 0 aliphatic carbocycles. The molecule has 1 aliphatic heterocycles. The van der Waals surface area contributed by atoms with Gasteiger partial charge in [-0.15, -0.1) is 0 Å². The van der Waals surface area contributed by atoms with Crippen LogP contribution in [0.2, 0.25) is 0 Å². The van der Waals surface area contributed by atoms with Crippen molar-refractivity contribution in [3.05, 3.63) is 59.9 Å². The van der Waals surface area contributed by atoms with Crippen LogP contribution in [-0.4, -0.2) is 54.5 Å². The number of carbonyl (C=O) groups is 1. The first-order chi connectivity index (χ1) is 12.7. The zero-order chi connectivity index (χ0) is 18.4. The summed E-state index contributed by atoms with van der Waals surface area (Å²) in [7, 11) is 1.63. The molecule has 1 fully saturated rings. The topological polar surface area (TPSA) is 92.7 Å². The fourth-order valence-corrected chi connectivity index (χ4v) is 2.83. The zero-order valence-corrected chi connectivity index (χ0v) is 14.6. The van der Waals surface area contributed by atoms with Crippen LogP contribution in [0.25, 0.3) is 0 Å². The van der Waals surface area contributed by atoms with Crippen LogP contribution in [-0.2, 0) is 11.3 Å². The highest BCUT2D eigenvalue weighted by molar-refractivity contribution is 5.93. The van der Waals surface area contributed by atoms with Gasteiger partial charge in [0.1, 0.15) is 11.9 Å². The molecule has 1 amide bonds. The van der Waals surface area contributed by atoms with Crippen molar-refractivity contribution >= 4 is 5.91 Å². The number of methoxy groups -OCH3 is 1. The van der Waals surface area contributed by atoms with Gasteiger partial charge in [-0.1, -0.05) is 12.1 Å². The summed E-state index contributed by atoms with van der Waals surface area (Å²) in [6.07, 6.45) is 2.00. The smallest absolute Gasteiger partial charge is 0.251 e. The summed E-state index contributed by atoms with van der Waals surface area (Å²) in [5, 5.41) is 16.5. The molecule has 0 unspecified atom stereocenters. The van der Waals surface area contributed by atoms with Crippen molar-refractivity contribution in [2.75, 3.05) is 20.3 Å². The first-order valence-corrected chi connectivity index (χ1v) is 8.51. The maximum atomic E-state index is 12.1. The van der Waals surface area contributed by atoms with Gasteiger partial charge in [-0.05, 0) is 29.8 Å². The van der Waals surface area contributed by atoms with Crippen LogP contribution in [0.5, 0.6) is 5.75 Å². The number of benzene rings is 1. The van der Waals surface area contributed by atoms with Gasteiger partial charge in [0.05, 0.1) is 25.9 Å². The lowest BCUT2D eigenvalue weighted by Gasteiger charge is -2.19. The van der Waals surface area contributed by atoms with E-state index >= 15 is 0 Å². The molecule has 3 atom stereocenters. The molecule has 2 aromatic rings. The van der Waals surface area contributed by atoms with E-state index in [1.165, 1.54) is 0 Å². The molecule has 2 heterocycles. The minimum Gasteiger partial charge on any atom is -0.497 e. The number of hydrogen-bond donors (Lipinski definition) is 3. The van der Waals surface area contributed by atoms with Gasteiger partial charge in [0.2, 0.25) is 0 Å². The Bertz CT molecular complexity index is 708. The number of hydrogen-bond acceptors (Lipinski definition) is 6. The third-order valence-corrected chi connectivity index (χ3v) is 4.42. The lowest BCUT2D eigenvalue weighted by atomic mass is 10.1. The average molecular weight is 357 g/mol. The summed E-state index contributed by atoms with van der Waals surface area (Å²) in [4.78, 5) is 15.9. The number of carbonyl (C=O) groups excluding carboxylic acids is 1. The van der Waals surface area contributed by atoms with E-state index in [2.05, 4.69) is 15.6 Å². The Hall–Kier alpha value is -2.48. The van der Waals surface area contributed by atoms with Crippen molar-refractivity contribution in [2.45, 2.75) is 24.8 Å². The summed E-state index contributed by atoms with van der Waals surface area (Å²) in [5.41, 5.74) is 1.62. The first kappa shape index (κ1) is 18.3. The number of nitrogens with zero attached hydrogens (tertiary/aromatic N) is 1. The lowest BCUT2D eigenvalue weighted by Crippen LogP contribution is -2.44. The van der Waals surface area contributed by atoms with Crippen molar-refractivity contribution in [1.29, 1.82) is 0 Å². The van der Waals surface area contributed by atoms with E-state index in [1.54, 1.807) is 31.6 Å². The highest BCUT2D eigenvalue weighted by atomic mass is 16.5. The number of amides is 1. The Morgan fingerprint density at radius 3 is 2.69 bits per heavy atom. The van der Waals surface area contributed by atoms with E-state index in [4.69, 9.17) is 9.47 Å². The van der Waals surface area contributed by atoms with Gasteiger partial charge in [0, 0.05) is 31.0 Å². The van der Waals surface area contributed by atoms with Crippen LogP contribution in [0.3, 0.4) is 0 Å². The highest BCUT2D eigenvalue weighted by Crippen LogP contribution is 2.16. The van der Waals surface area contributed by atoms with Crippen molar-refractivity contribution in [2.24, 2.45) is 0 Å². The number of pyridine rings is 1. The third-order valence-electron chi connectivity index (χ3n) is 4.42. The fourth-order valence-electron chi connectivity index (χ4n) is 2.83. The quantitative estimate of drug-likeness (QED) is 0.677. The maximum absolute atomic E-state index is 12.1. The molecule has 1 aromatic carbocycles. The molecule has 0 spiro atoms. The minimum atomic E-state index is -0.689. The minimum absolute atomic E-state index is 0.181. The van der Waals surface area contributed by atoms with Gasteiger partial charge in [-0.25, -0.2) is 0 Å². The molecule has 138 valence electrons. The van der Waals surface area contributed by atoms with E-state index in [9.17, 15) is 9.90 Å². The van der Waals surface area contributed by atoms with Gasteiger partial charge < -0.3 is 25.2 Å². The molecule has 1 saturated heterocycles. The second-order valence-corrected chi connectivity index (χ2v) is 6.14. The molecular formula is C19H23N3O4. The summed E-state index contributed by atoms with van der Waals surface area (Å²) in [6.45, 7) is 1.27. The standard InChI is InChI=1S/C19H23N3O4/c1-25-15-4-2-13(3-5-15)10-21-16-12-26-17(18(16)23)11-22-19(24)14-6-8-20-9-7-14/h2-9,16-18,21,23H,10-12H2,1H3,(H,22,24)/t16-,17-,18+/m1/s1. The lowest BCUT2D eigenvalue weighted by molar-refractivity contribution is 0.0398. The SMILES string of the molecule is COc1ccc(CN[C@@H]2CO[C@H](CNC(=O)c3ccncc3)[C@H]2O)cc1. The van der Waals surface area contributed by atoms with Crippen LogP contribution in [0.4, 0.5) is 0 Å². The van der Waals surface area contributed by atoms with E-state index in [0.717, 1.165) is 11.3 Å². The molecule has 3 N–H and O–H groups in total. The number of ether oxygens (including phenoxy) is 2. The summed E-state index contributed by atoms with van der Waals surface area (Å²) < 4.78 is 10.8. The third kappa shape index (κ3) is 4.57. The number of aromatic nitrogens is 1. The van der Waals surface area contributed by atoms with Crippen molar-refractivity contribution < 1.29 is 19.4 Å². The summed E-state index contributed by atoms with van der Waals surface area (Å²) in [6, 6.07) is 10.8. The predicted molar refractivity (Wildman–Crippen MR) is 95.9 cm³/mol. The van der Waals surface area contributed by atoms with E-state index in [-0.39, 0.29) is 18.5 Å². The highest BCUT2D eigenvalue weighted by Gasteiger charge is 2.35. The Morgan fingerprint density at radius 2 is 2.00 bits per heavy atom. The molecule has 3 rings (SSSR count). The van der Waals surface area contributed by atoms with E-state index in [0.29, 0.717) is 18.7 Å². The van der Waals surface area contributed by atoms with Crippen molar-refractivity contribution in [3.8, 4) is 5.75 Å². The van der Waals surface area contributed by atoms with Gasteiger partial charge >= 0.3 is 0 Å². The molecule has 26 heavy (non-hydrogen) atoms. The summed E-state index contributed by atoms with van der Waals surface area (Å²) >= 11 is 0. The van der Waals surface area contributed by atoms with Crippen molar-refractivity contribution in [3.63, 3.8) is 0 Å². The Labute approximate surface area is 152 Å². The molecule has 1 aromatic heterocycles. The van der Waals surface area contributed by atoms with Gasteiger partial charge in [0.15, 0.2) is 0 Å². The molecular weight excluding hydrogens is 334 g/mol. The molecule has 0 radical (unpaired) electrons. The van der Waals surface area contributed by atoms with E-state index in [1.807, 2.05) is 24.3 Å². The zero-order valence-electron chi connectivity index (χ0n) is 14.6. The monoisotopic (exact) mass is 357 g/mol. The van der Waals surface area contributed by atoms with Gasteiger partial charge in [0.25, 0.3) is 5.91 Å². The van der Waals surface area contributed by atoms with Gasteiger partial charge in [-0.3, -0.25) is 9.78 Å². The van der Waals surface area contributed by atoms with Crippen LogP contribution in [0, 0.1) is 0 Å². The first-order valence-electron chi connectivity index (χ1n) is 8.51. The second-order valence-electron chi connectivity index (χ2n) is 6.14. The van der Waals surface area contributed by atoms with Crippen LogP contribution in [0.15, 0.2) is 48.8 Å². The van der Waals surface area contributed by atoms with Gasteiger partial charge in [-0.2, -0.15) is 0 Å². The maximum Gasteiger partial charge on any atom is 0.251 e. The fraction of sp³-hybridized carbons (Fsp3) is 0.368. The molecule has 1 aliphatic rings. The number of rotatable bonds is 7. The van der Waals surface area contributed by atoms with Crippen LogP contribution < -0.4 is 15.4 Å². The molecule has 0 saturated carbocycles.